The summed E-state index contributed by atoms with van der Waals surface area (Å²) in [6.45, 7) is 1.13. The van der Waals surface area contributed by atoms with E-state index in [1.807, 2.05) is 5.32 Å². The van der Waals surface area contributed by atoms with Gasteiger partial charge in [0.2, 0.25) is 17.7 Å². The zero-order chi connectivity index (χ0) is 28.6. The summed E-state index contributed by atoms with van der Waals surface area (Å²) in [5, 5.41) is 44.7. The highest BCUT2D eigenvalue weighted by Gasteiger charge is 2.34. The van der Waals surface area contributed by atoms with Gasteiger partial charge in [-0.05, 0) is 18.6 Å². The van der Waals surface area contributed by atoms with E-state index in [2.05, 4.69) is 15.6 Å². The highest BCUT2D eigenvalue weighted by atomic mass is 16.4. The molecule has 38 heavy (non-hydrogen) atoms. The van der Waals surface area contributed by atoms with Crippen molar-refractivity contribution in [3.05, 3.63) is 36.0 Å². The summed E-state index contributed by atoms with van der Waals surface area (Å²) in [5.74, 6) is -7.71. The lowest BCUT2D eigenvalue weighted by Gasteiger charge is -2.26. The van der Waals surface area contributed by atoms with E-state index in [1.165, 1.54) is 0 Å². The number of aliphatic hydroxyl groups excluding tert-OH is 1. The van der Waals surface area contributed by atoms with Crippen LogP contribution < -0.4 is 21.7 Å². The molecule has 0 saturated carbocycles. The molecule has 0 aliphatic rings. The maximum absolute atomic E-state index is 12.9. The molecule has 0 bridgehead atoms. The van der Waals surface area contributed by atoms with Crippen LogP contribution in [0.1, 0.15) is 25.3 Å². The highest BCUT2D eigenvalue weighted by Crippen LogP contribution is 2.19. The molecule has 15 nitrogen and oxygen atoms in total. The van der Waals surface area contributed by atoms with Crippen LogP contribution in [0.15, 0.2) is 30.5 Å². The summed E-state index contributed by atoms with van der Waals surface area (Å²) in [5.41, 5.74) is 6.78. The van der Waals surface area contributed by atoms with Crippen molar-refractivity contribution in [3.63, 3.8) is 0 Å². The largest absolute Gasteiger partial charge is 0.481 e. The van der Waals surface area contributed by atoms with E-state index in [0.29, 0.717) is 5.56 Å². The van der Waals surface area contributed by atoms with E-state index in [1.54, 1.807) is 30.5 Å². The van der Waals surface area contributed by atoms with Crippen molar-refractivity contribution < 1.29 is 49.2 Å². The fourth-order valence-corrected chi connectivity index (χ4v) is 3.58. The molecule has 10 N–H and O–H groups in total. The number of aliphatic carboxylic acids is 3. The number of rotatable bonds is 14. The number of aromatic amines is 1. The van der Waals surface area contributed by atoms with Crippen LogP contribution in [0.5, 0.6) is 0 Å². The van der Waals surface area contributed by atoms with Gasteiger partial charge in [-0.2, -0.15) is 0 Å². The topological polar surface area (TPSA) is 261 Å². The van der Waals surface area contributed by atoms with Gasteiger partial charge in [-0.25, -0.2) is 4.79 Å². The van der Waals surface area contributed by atoms with Crippen molar-refractivity contribution in [2.75, 3.05) is 0 Å². The lowest BCUT2D eigenvalue weighted by atomic mass is 10.0. The number of para-hydroxylation sites is 1. The number of carboxylic acids is 3. The Hall–Kier alpha value is -4.50. The first-order valence-corrected chi connectivity index (χ1v) is 11.4. The third-order valence-electron chi connectivity index (χ3n) is 5.52. The Morgan fingerprint density at radius 3 is 2.05 bits per heavy atom. The van der Waals surface area contributed by atoms with Gasteiger partial charge in [0.1, 0.15) is 18.1 Å². The molecular formula is C23H29N5O10. The molecule has 5 atom stereocenters. The van der Waals surface area contributed by atoms with Crippen LogP contribution in [-0.2, 0) is 35.2 Å². The van der Waals surface area contributed by atoms with Crippen LogP contribution >= 0.6 is 0 Å². The molecule has 1 aromatic carbocycles. The fourth-order valence-electron chi connectivity index (χ4n) is 3.58. The molecule has 5 unspecified atom stereocenters. The minimum absolute atomic E-state index is 0.134. The molecule has 0 aliphatic heterocycles. The van der Waals surface area contributed by atoms with Crippen molar-refractivity contribution in [1.82, 2.24) is 20.9 Å². The Morgan fingerprint density at radius 1 is 0.868 bits per heavy atom. The third-order valence-corrected chi connectivity index (χ3v) is 5.52. The van der Waals surface area contributed by atoms with Crippen molar-refractivity contribution >= 4 is 46.5 Å². The van der Waals surface area contributed by atoms with Crippen molar-refractivity contribution in [1.29, 1.82) is 0 Å². The van der Waals surface area contributed by atoms with Gasteiger partial charge >= 0.3 is 17.9 Å². The van der Waals surface area contributed by atoms with E-state index in [0.717, 1.165) is 17.8 Å². The van der Waals surface area contributed by atoms with E-state index < -0.39 is 78.7 Å². The molecule has 15 heteroatoms. The Bertz CT molecular complexity index is 1210. The van der Waals surface area contributed by atoms with Gasteiger partial charge in [-0.15, -0.1) is 0 Å². The van der Waals surface area contributed by atoms with Crippen LogP contribution in [0.2, 0.25) is 0 Å². The summed E-state index contributed by atoms with van der Waals surface area (Å²) in [6.07, 6.45) is -1.85. The van der Waals surface area contributed by atoms with Crippen molar-refractivity contribution in [3.8, 4) is 0 Å². The molecule has 3 amide bonds. The molecule has 0 fully saturated rings. The standard InChI is InChI=1S/C23H29N5O10/c1-10(29)19(28-21(35)15(8-18(32)33)26-20(34)13(24)7-17(30)31)22(36)27-16(23(37)38)6-11-9-25-14-5-3-2-4-12(11)14/h2-5,9-10,13,15-16,19,25,29H,6-8,24H2,1H3,(H,26,34)(H,27,36)(H,28,35)(H,30,31)(H,32,33)(H,37,38). The number of nitrogens with two attached hydrogens (primary N) is 1. The molecule has 0 saturated heterocycles. The van der Waals surface area contributed by atoms with E-state index in [-0.39, 0.29) is 6.42 Å². The van der Waals surface area contributed by atoms with Gasteiger partial charge in [-0.1, -0.05) is 18.2 Å². The number of carbonyl (C=O) groups excluding carboxylic acids is 3. The summed E-state index contributed by atoms with van der Waals surface area (Å²) in [7, 11) is 0. The smallest absolute Gasteiger partial charge is 0.326 e. The molecule has 206 valence electrons. The number of hydrogen-bond donors (Lipinski definition) is 9. The number of carboxylic acid groups (broad SMARTS) is 3. The summed E-state index contributed by atoms with van der Waals surface area (Å²) in [6, 6.07) is 0.538. The SMILES string of the molecule is CC(O)C(NC(=O)C(CC(=O)O)NC(=O)C(N)CC(=O)O)C(=O)NC(Cc1c[nH]c2ccccc12)C(=O)O. The van der Waals surface area contributed by atoms with Gasteiger partial charge < -0.3 is 47.1 Å². The zero-order valence-corrected chi connectivity index (χ0v) is 20.2. The maximum atomic E-state index is 12.9. The fraction of sp³-hybridized carbons (Fsp3) is 0.391. The molecule has 2 aromatic rings. The molecule has 0 spiro atoms. The van der Waals surface area contributed by atoms with Crippen LogP contribution in [0, 0.1) is 0 Å². The molecule has 0 radical (unpaired) electrons. The highest BCUT2D eigenvalue weighted by molar-refractivity contribution is 5.96. The number of H-pyrrole nitrogens is 1. The monoisotopic (exact) mass is 535 g/mol. The zero-order valence-electron chi connectivity index (χ0n) is 20.2. The Morgan fingerprint density at radius 2 is 1.47 bits per heavy atom. The summed E-state index contributed by atoms with van der Waals surface area (Å²) >= 11 is 0. The summed E-state index contributed by atoms with van der Waals surface area (Å²) in [4.78, 5) is 74.6. The van der Waals surface area contributed by atoms with E-state index >= 15 is 0 Å². The minimum atomic E-state index is -1.78. The first-order chi connectivity index (χ1) is 17.8. The van der Waals surface area contributed by atoms with E-state index in [4.69, 9.17) is 15.9 Å². The normalized spacial score (nSPS) is 14.9. The van der Waals surface area contributed by atoms with Crippen LogP contribution in [0.25, 0.3) is 10.9 Å². The van der Waals surface area contributed by atoms with Crippen molar-refractivity contribution in [2.45, 2.75) is 56.5 Å². The quantitative estimate of drug-likeness (QED) is 0.127. The van der Waals surface area contributed by atoms with Gasteiger partial charge in [-0.3, -0.25) is 24.0 Å². The molecular weight excluding hydrogens is 506 g/mol. The molecule has 1 aromatic heterocycles. The van der Waals surface area contributed by atoms with Crippen LogP contribution in [0.4, 0.5) is 0 Å². The van der Waals surface area contributed by atoms with Gasteiger partial charge in [0.25, 0.3) is 0 Å². The number of benzene rings is 1. The van der Waals surface area contributed by atoms with Gasteiger partial charge in [0.15, 0.2) is 0 Å². The second-order valence-corrected chi connectivity index (χ2v) is 8.55. The average molecular weight is 536 g/mol. The number of fused-ring (bicyclic) bond motifs is 1. The first-order valence-electron chi connectivity index (χ1n) is 11.4. The number of amides is 3. The second kappa shape index (κ2) is 13.2. The van der Waals surface area contributed by atoms with Crippen LogP contribution in [0.3, 0.4) is 0 Å². The maximum Gasteiger partial charge on any atom is 0.326 e. The Balaban J connectivity index is 2.16. The van der Waals surface area contributed by atoms with Gasteiger partial charge in [0.05, 0.1) is 25.0 Å². The number of carbonyl (C=O) groups is 6. The predicted octanol–water partition coefficient (Wildman–Crippen LogP) is -2.09. The number of nitrogens with one attached hydrogen (secondary N) is 4. The van der Waals surface area contributed by atoms with E-state index in [9.17, 15) is 39.0 Å². The lowest BCUT2D eigenvalue weighted by Crippen LogP contribution is -2.60. The molecule has 1 heterocycles. The third kappa shape index (κ3) is 8.28. The molecule has 2 rings (SSSR count). The first kappa shape index (κ1) is 29.7. The van der Waals surface area contributed by atoms with Crippen molar-refractivity contribution in [2.24, 2.45) is 5.73 Å². The molecule has 0 aliphatic carbocycles. The number of aromatic nitrogens is 1. The minimum Gasteiger partial charge on any atom is -0.481 e. The summed E-state index contributed by atoms with van der Waals surface area (Å²) < 4.78 is 0. The second-order valence-electron chi connectivity index (χ2n) is 8.55. The number of hydrogen-bond acceptors (Lipinski definition) is 8. The van der Waals surface area contributed by atoms with Gasteiger partial charge in [0, 0.05) is 23.5 Å². The average Bonchev–Trinajstić information content (AvgIpc) is 3.23. The Kier molecular flexibility index (Phi) is 10.3. The number of aliphatic hydroxyl groups is 1. The Labute approximate surface area is 215 Å². The lowest BCUT2D eigenvalue weighted by molar-refractivity contribution is -0.144. The van der Waals surface area contributed by atoms with Crippen LogP contribution in [-0.4, -0.2) is 91.3 Å². The predicted molar refractivity (Wildman–Crippen MR) is 130 cm³/mol.